The van der Waals surface area contributed by atoms with Crippen molar-refractivity contribution in [1.82, 2.24) is 20.8 Å². The van der Waals surface area contributed by atoms with Gasteiger partial charge in [-0.15, -0.1) is 0 Å². The zero-order valence-corrected chi connectivity index (χ0v) is 9.25. The van der Waals surface area contributed by atoms with Crippen molar-refractivity contribution >= 4 is 5.91 Å². The van der Waals surface area contributed by atoms with Crippen molar-refractivity contribution in [3.8, 4) is 0 Å². The molecule has 2 rings (SSSR count). The van der Waals surface area contributed by atoms with E-state index in [9.17, 15) is 4.79 Å². The van der Waals surface area contributed by atoms with Gasteiger partial charge in [0.2, 0.25) is 0 Å². The van der Waals surface area contributed by atoms with Crippen LogP contribution in [0.1, 0.15) is 16.1 Å². The minimum atomic E-state index is -0.111. The number of carbonyl (C=O) groups is 1. The molecule has 1 atom stereocenters. The van der Waals surface area contributed by atoms with E-state index in [4.69, 9.17) is 4.74 Å². The third-order valence-corrected chi connectivity index (χ3v) is 2.57. The fourth-order valence-electron chi connectivity index (χ4n) is 1.63. The van der Waals surface area contributed by atoms with E-state index in [0.717, 1.165) is 18.8 Å². The maximum Gasteiger partial charge on any atom is 0.254 e. The predicted octanol–water partition coefficient (Wildman–Crippen LogP) is -0.564. The minimum Gasteiger partial charge on any atom is -0.374 e. The highest BCUT2D eigenvalue weighted by Gasteiger charge is 2.16. The normalized spacial score (nSPS) is 20.7. The van der Waals surface area contributed by atoms with Crippen LogP contribution >= 0.6 is 0 Å². The molecule has 1 saturated heterocycles. The first kappa shape index (κ1) is 11.1. The molecule has 3 N–H and O–H groups in total. The summed E-state index contributed by atoms with van der Waals surface area (Å²) in [6.45, 7) is 4.71. The SMILES string of the molecule is Cc1[nH]ncc1C(=O)NCC1CNCCO1. The number of rotatable bonds is 3. The average molecular weight is 224 g/mol. The molecule has 0 spiro atoms. The second-order valence-electron chi connectivity index (χ2n) is 3.82. The van der Waals surface area contributed by atoms with Crippen molar-refractivity contribution in [1.29, 1.82) is 0 Å². The Morgan fingerprint density at radius 2 is 2.62 bits per heavy atom. The van der Waals surface area contributed by atoms with Crippen molar-refractivity contribution in [2.24, 2.45) is 0 Å². The lowest BCUT2D eigenvalue weighted by atomic mass is 10.2. The lowest BCUT2D eigenvalue weighted by Crippen LogP contribution is -2.45. The van der Waals surface area contributed by atoms with Gasteiger partial charge in [0.1, 0.15) is 0 Å². The van der Waals surface area contributed by atoms with E-state index in [-0.39, 0.29) is 12.0 Å². The molecule has 1 unspecified atom stereocenters. The first-order valence-electron chi connectivity index (χ1n) is 5.38. The molecule has 2 heterocycles. The van der Waals surface area contributed by atoms with Crippen molar-refractivity contribution in [3.05, 3.63) is 17.5 Å². The molecule has 1 aliphatic rings. The van der Waals surface area contributed by atoms with Crippen LogP contribution < -0.4 is 10.6 Å². The highest BCUT2D eigenvalue weighted by molar-refractivity contribution is 5.94. The molecule has 6 nitrogen and oxygen atoms in total. The second-order valence-corrected chi connectivity index (χ2v) is 3.82. The summed E-state index contributed by atoms with van der Waals surface area (Å²) in [7, 11) is 0. The van der Waals surface area contributed by atoms with Gasteiger partial charge in [-0.25, -0.2) is 0 Å². The van der Waals surface area contributed by atoms with Gasteiger partial charge >= 0.3 is 0 Å². The molecule has 1 aromatic rings. The molecule has 1 aliphatic heterocycles. The number of aryl methyl sites for hydroxylation is 1. The second kappa shape index (κ2) is 5.09. The van der Waals surface area contributed by atoms with Crippen LogP contribution in [0.2, 0.25) is 0 Å². The topological polar surface area (TPSA) is 79.0 Å². The first-order chi connectivity index (χ1) is 7.77. The number of nitrogens with zero attached hydrogens (tertiary/aromatic N) is 1. The van der Waals surface area contributed by atoms with Gasteiger partial charge in [-0.3, -0.25) is 9.89 Å². The van der Waals surface area contributed by atoms with Gasteiger partial charge in [0.15, 0.2) is 0 Å². The Morgan fingerprint density at radius 3 is 3.25 bits per heavy atom. The summed E-state index contributed by atoms with van der Waals surface area (Å²) >= 11 is 0. The number of carbonyl (C=O) groups excluding carboxylic acids is 1. The van der Waals surface area contributed by atoms with Crippen LogP contribution in [0.5, 0.6) is 0 Å². The number of hydrogen-bond donors (Lipinski definition) is 3. The highest BCUT2D eigenvalue weighted by Crippen LogP contribution is 2.02. The Balaban J connectivity index is 1.81. The summed E-state index contributed by atoms with van der Waals surface area (Å²) in [5, 5.41) is 12.6. The fraction of sp³-hybridized carbons (Fsp3) is 0.600. The van der Waals surface area contributed by atoms with E-state index in [2.05, 4.69) is 20.8 Å². The minimum absolute atomic E-state index is 0.0601. The molecule has 16 heavy (non-hydrogen) atoms. The van der Waals surface area contributed by atoms with Crippen molar-refractivity contribution in [2.75, 3.05) is 26.2 Å². The Bertz CT molecular complexity index is 357. The average Bonchev–Trinajstić information content (AvgIpc) is 2.74. The number of ether oxygens (including phenoxy) is 1. The van der Waals surface area contributed by atoms with Crippen molar-refractivity contribution < 1.29 is 9.53 Å². The summed E-state index contributed by atoms with van der Waals surface area (Å²) in [5.74, 6) is -0.111. The number of aromatic amines is 1. The Hall–Kier alpha value is -1.40. The summed E-state index contributed by atoms with van der Waals surface area (Å²) in [4.78, 5) is 11.7. The van der Waals surface area contributed by atoms with Crippen molar-refractivity contribution in [2.45, 2.75) is 13.0 Å². The van der Waals surface area contributed by atoms with E-state index in [0.29, 0.717) is 18.7 Å². The Morgan fingerprint density at radius 1 is 1.75 bits per heavy atom. The monoisotopic (exact) mass is 224 g/mol. The lowest BCUT2D eigenvalue weighted by Gasteiger charge is -2.23. The van der Waals surface area contributed by atoms with E-state index < -0.39 is 0 Å². The highest BCUT2D eigenvalue weighted by atomic mass is 16.5. The van der Waals surface area contributed by atoms with Gasteiger partial charge in [0.25, 0.3) is 5.91 Å². The Kier molecular flexibility index (Phi) is 3.53. The molecule has 0 radical (unpaired) electrons. The van der Waals surface area contributed by atoms with Gasteiger partial charge in [0, 0.05) is 25.3 Å². The Labute approximate surface area is 93.8 Å². The number of H-pyrrole nitrogens is 1. The number of nitrogens with one attached hydrogen (secondary N) is 3. The van der Waals surface area contributed by atoms with Gasteiger partial charge in [0.05, 0.1) is 24.5 Å². The number of morpholine rings is 1. The first-order valence-corrected chi connectivity index (χ1v) is 5.38. The van der Waals surface area contributed by atoms with Gasteiger partial charge in [-0.2, -0.15) is 5.10 Å². The van der Waals surface area contributed by atoms with E-state index in [1.165, 1.54) is 6.20 Å². The molecule has 0 aliphatic carbocycles. The quantitative estimate of drug-likeness (QED) is 0.643. The van der Waals surface area contributed by atoms with E-state index in [1.807, 2.05) is 6.92 Å². The third kappa shape index (κ3) is 2.59. The molecular weight excluding hydrogens is 208 g/mol. The van der Waals surface area contributed by atoms with Crippen LogP contribution in [0.25, 0.3) is 0 Å². The molecular formula is C10H16N4O2. The van der Waals surface area contributed by atoms with Crippen LogP contribution in [0.15, 0.2) is 6.20 Å². The van der Waals surface area contributed by atoms with Crippen LogP contribution in [0, 0.1) is 6.92 Å². The number of hydrogen-bond acceptors (Lipinski definition) is 4. The smallest absolute Gasteiger partial charge is 0.254 e. The zero-order chi connectivity index (χ0) is 11.4. The predicted molar refractivity (Wildman–Crippen MR) is 58.3 cm³/mol. The largest absolute Gasteiger partial charge is 0.374 e. The standard InChI is InChI=1S/C10H16N4O2/c1-7-9(6-13-14-7)10(15)12-5-8-4-11-2-3-16-8/h6,8,11H,2-5H2,1H3,(H,12,15)(H,13,14). The molecule has 0 saturated carbocycles. The number of amides is 1. The summed E-state index contributed by atoms with van der Waals surface area (Å²) in [6, 6.07) is 0. The molecule has 6 heteroatoms. The van der Waals surface area contributed by atoms with Gasteiger partial charge in [-0.1, -0.05) is 0 Å². The molecule has 0 aromatic carbocycles. The molecule has 1 fully saturated rings. The lowest BCUT2D eigenvalue weighted by molar-refractivity contribution is 0.0287. The summed E-state index contributed by atoms with van der Waals surface area (Å²) in [6.07, 6.45) is 1.59. The van der Waals surface area contributed by atoms with Crippen LogP contribution in [0.4, 0.5) is 0 Å². The van der Waals surface area contributed by atoms with E-state index >= 15 is 0 Å². The summed E-state index contributed by atoms with van der Waals surface area (Å²) in [5.41, 5.74) is 1.36. The molecule has 1 amide bonds. The van der Waals surface area contributed by atoms with Crippen LogP contribution in [-0.2, 0) is 4.74 Å². The molecule has 88 valence electrons. The molecule has 1 aromatic heterocycles. The van der Waals surface area contributed by atoms with Crippen LogP contribution in [-0.4, -0.2) is 48.4 Å². The fourth-order valence-corrected chi connectivity index (χ4v) is 1.63. The zero-order valence-electron chi connectivity index (χ0n) is 9.25. The van der Waals surface area contributed by atoms with Crippen LogP contribution in [0.3, 0.4) is 0 Å². The third-order valence-electron chi connectivity index (χ3n) is 2.57. The summed E-state index contributed by atoms with van der Waals surface area (Å²) < 4.78 is 5.48. The number of aromatic nitrogens is 2. The van der Waals surface area contributed by atoms with Gasteiger partial charge < -0.3 is 15.4 Å². The maximum absolute atomic E-state index is 11.7. The van der Waals surface area contributed by atoms with E-state index in [1.54, 1.807) is 0 Å². The molecule has 0 bridgehead atoms. The maximum atomic E-state index is 11.7. The van der Waals surface area contributed by atoms with Crippen molar-refractivity contribution in [3.63, 3.8) is 0 Å². The van der Waals surface area contributed by atoms with Gasteiger partial charge in [-0.05, 0) is 6.92 Å².